The monoisotopic (exact) mass is 464 g/mol. The number of hydrogen-bond donors (Lipinski definition) is 2. The second kappa shape index (κ2) is 12.1. The Morgan fingerprint density at radius 1 is 0.970 bits per heavy atom. The number of halogens is 1. The highest BCUT2D eigenvalue weighted by Crippen LogP contribution is 2.26. The van der Waals surface area contributed by atoms with Gasteiger partial charge in [0.1, 0.15) is 0 Å². The number of pyridine rings is 2. The maximum atomic E-state index is 6.19. The predicted molar refractivity (Wildman–Crippen MR) is 135 cm³/mol. The van der Waals surface area contributed by atoms with Gasteiger partial charge >= 0.3 is 0 Å². The normalized spacial score (nSPS) is 22.9. The zero-order valence-electron chi connectivity index (χ0n) is 19.0. The number of nitrogens with one attached hydrogen (secondary N) is 1. The first-order valence-corrected chi connectivity index (χ1v) is 12.1. The van der Waals surface area contributed by atoms with Gasteiger partial charge in [0.05, 0.1) is 17.4 Å². The summed E-state index contributed by atoms with van der Waals surface area (Å²) in [6.07, 6.45) is 11.8. The van der Waals surface area contributed by atoms with Crippen molar-refractivity contribution >= 4 is 11.6 Å². The Balaban J connectivity index is 1.32. The summed E-state index contributed by atoms with van der Waals surface area (Å²) in [5, 5.41) is 4.48. The van der Waals surface area contributed by atoms with E-state index in [9.17, 15) is 0 Å². The van der Waals surface area contributed by atoms with Gasteiger partial charge < -0.3 is 11.1 Å². The molecule has 0 saturated carbocycles. The van der Waals surface area contributed by atoms with Crippen molar-refractivity contribution in [2.75, 3.05) is 45.8 Å². The summed E-state index contributed by atoms with van der Waals surface area (Å²) < 4.78 is 0. The molecule has 4 rings (SSSR count). The summed E-state index contributed by atoms with van der Waals surface area (Å²) in [6, 6.07) is 12.3. The molecule has 0 spiro atoms. The van der Waals surface area contributed by atoms with Crippen LogP contribution in [0.25, 0.3) is 0 Å². The molecule has 2 aromatic rings. The molecule has 1 fully saturated rings. The molecule has 2 aromatic heterocycles. The summed E-state index contributed by atoms with van der Waals surface area (Å²) in [6.45, 7) is 6.40. The molecule has 0 unspecified atom stereocenters. The topological polar surface area (TPSA) is 70.3 Å². The first-order valence-electron chi connectivity index (χ1n) is 11.7. The van der Waals surface area contributed by atoms with Gasteiger partial charge in [-0.3, -0.25) is 19.8 Å². The van der Waals surface area contributed by atoms with Gasteiger partial charge in [0, 0.05) is 68.9 Å². The lowest BCUT2D eigenvalue weighted by atomic mass is 10.1. The molecule has 1 aliphatic heterocycles. The quantitative estimate of drug-likeness (QED) is 0.623. The standard InChI is InChI=1S/C26H33ClN6/c27-22-6-5-9-23(21(20-28)10-11-22)31-14-15-32-16-18-33(19-17-32)26(24-7-1-3-12-29-24)25-8-2-4-13-30-25/h1-4,7-13,26,31H,5-6,14-20,28H2/b21-10+,22-11+,23-9+. The Hall–Kier alpha value is -2.51. The van der Waals surface area contributed by atoms with E-state index >= 15 is 0 Å². The lowest BCUT2D eigenvalue weighted by molar-refractivity contribution is 0.108. The Bertz CT molecular complexity index is 925. The SMILES string of the molecule is NCC1=C\C=C(\Cl)CC/C=C\1NCCN1CCN(C(c2ccccn2)c2ccccn2)CC1. The molecule has 0 bridgehead atoms. The largest absolute Gasteiger partial charge is 0.384 e. The maximum absolute atomic E-state index is 6.19. The number of nitrogens with zero attached hydrogens (tertiary/aromatic N) is 4. The number of aromatic nitrogens is 2. The summed E-state index contributed by atoms with van der Waals surface area (Å²) in [4.78, 5) is 14.3. The van der Waals surface area contributed by atoms with E-state index < -0.39 is 0 Å². The first-order chi connectivity index (χ1) is 16.2. The fourth-order valence-corrected chi connectivity index (χ4v) is 4.58. The van der Waals surface area contributed by atoms with Crippen molar-refractivity contribution in [2.45, 2.75) is 18.9 Å². The van der Waals surface area contributed by atoms with Gasteiger partial charge in [0.2, 0.25) is 0 Å². The number of rotatable bonds is 8. The van der Waals surface area contributed by atoms with Crippen molar-refractivity contribution in [3.8, 4) is 0 Å². The smallest absolute Gasteiger partial charge is 0.0950 e. The predicted octanol–water partition coefficient (Wildman–Crippen LogP) is 3.46. The molecule has 0 aromatic carbocycles. The molecule has 7 heteroatoms. The highest BCUT2D eigenvalue weighted by atomic mass is 35.5. The van der Waals surface area contributed by atoms with E-state index in [0.717, 1.165) is 79.8 Å². The summed E-state index contributed by atoms with van der Waals surface area (Å²) >= 11 is 6.19. The van der Waals surface area contributed by atoms with Crippen LogP contribution in [0.4, 0.5) is 0 Å². The molecule has 3 heterocycles. The van der Waals surface area contributed by atoms with Gasteiger partial charge in [-0.15, -0.1) is 0 Å². The molecule has 1 aliphatic carbocycles. The Kier molecular flexibility index (Phi) is 8.66. The van der Waals surface area contributed by atoms with Gasteiger partial charge in [-0.25, -0.2) is 0 Å². The second-order valence-corrected chi connectivity index (χ2v) is 8.87. The van der Waals surface area contributed by atoms with E-state index in [4.69, 9.17) is 17.3 Å². The molecular weight excluding hydrogens is 432 g/mol. The van der Waals surface area contributed by atoms with E-state index in [-0.39, 0.29) is 6.04 Å². The van der Waals surface area contributed by atoms with Crippen molar-refractivity contribution < 1.29 is 0 Å². The van der Waals surface area contributed by atoms with E-state index in [1.807, 2.05) is 36.7 Å². The van der Waals surface area contributed by atoms with Crippen molar-refractivity contribution in [1.29, 1.82) is 0 Å². The molecule has 6 nitrogen and oxygen atoms in total. The Morgan fingerprint density at radius 2 is 1.67 bits per heavy atom. The van der Waals surface area contributed by atoms with Crippen LogP contribution >= 0.6 is 11.6 Å². The van der Waals surface area contributed by atoms with E-state index in [0.29, 0.717) is 6.54 Å². The third kappa shape index (κ3) is 6.51. The molecule has 0 amide bonds. The van der Waals surface area contributed by atoms with Crippen LogP contribution in [0.2, 0.25) is 0 Å². The number of nitrogens with two attached hydrogens (primary N) is 1. The van der Waals surface area contributed by atoms with Crippen LogP contribution in [-0.2, 0) is 0 Å². The second-order valence-electron chi connectivity index (χ2n) is 8.38. The van der Waals surface area contributed by atoms with Crippen molar-refractivity contribution in [3.63, 3.8) is 0 Å². The van der Waals surface area contributed by atoms with Crippen LogP contribution in [-0.4, -0.2) is 65.6 Å². The van der Waals surface area contributed by atoms with Crippen LogP contribution in [0.5, 0.6) is 0 Å². The zero-order valence-corrected chi connectivity index (χ0v) is 19.8. The summed E-state index contributed by atoms with van der Waals surface area (Å²) in [5.74, 6) is 0. The molecular formula is C26H33ClN6. The maximum Gasteiger partial charge on any atom is 0.0950 e. The lowest BCUT2D eigenvalue weighted by Gasteiger charge is -2.39. The minimum atomic E-state index is 0.0879. The highest BCUT2D eigenvalue weighted by Gasteiger charge is 2.28. The summed E-state index contributed by atoms with van der Waals surface area (Å²) in [7, 11) is 0. The summed E-state index contributed by atoms with van der Waals surface area (Å²) in [5.41, 5.74) is 10.3. The fourth-order valence-electron chi connectivity index (χ4n) is 4.41. The van der Waals surface area contributed by atoms with E-state index in [2.05, 4.69) is 55.4 Å². The van der Waals surface area contributed by atoms with E-state index in [1.165, 1.54) is 0 Å². The van der Waals surface area contributed by atoms with Crippen LogP contribution in [0.1, 0.15) is 30.3 Å². The lowest BCUT2D eigenvalue weighted by Crippen LogP contribution is -2.49. The average molecular weight is 465 g/mol. The third-order valence-corrected chi connectivity index (χ3v) is 6.53. The molecule has 2 aliphatic rings. The molecule has 0 radical (unpaired) electrons. The van der Waals surface area contributed by atoms with Crippen LogP contribution in [0.3, 0.4) is 0 Å². The number of allylic oxidation sites excluding steroid dienone is 4. The molecule has 1 saturated heterocycles. The molecule has 3 N–H and O–H groups in total. The zero-order chi connectivity index (χ0) is 22.9. The van der Waals surface area contributed by atoms with Crippen LogP contribution < -0.4 is 11.1 Å². The third-order valence-electron chi connectivity index (χ3n) is 6.21. The Morgan fingerprint density at radius 3 is 2.27 bits per heavy atom. The van der Waals surface area contributed by atoms with Gasteiger partial charge in [-0.2, -0.15) is 0 Å². The van der Waals surface area contributed by atoms with Gasteiger partial charge in [0.25, 0.3) is 0 Å². The van der Waals surface area contributed by atoms with Gasteiger partial charge in [-0.05, 0) is 48.8 Å². The molecule has 33 heavy (non-hydrogen) atoms. The number of hydrogen-bond acceptors (Lipinski definition) is 6. The van der Waals surface area contributed by atoms with Gasteiger partial charge in [-0.1, -0.05) is 35.9 Å². The average Bonchev–Trinajstić information content (AvgIpc) is 2.85. The Labute approximate surface area is 201 Å². The van der Waals surface area contributed by atoms with Gasteiger partial charge in [0.15, 0.2) is 0 Å². The van der Waals surface area contributed by atoms with Crippen molar-refractivity contribution in [3.05, 3.63) is 94.7 Å². The van der Waals surface area contributed by atoms with Crippen LogP contribution in [0, 0.1) is 0 Å². The minimum Gasteiger partial charge on any atom is -0.384 e. The minimum absolute atomic E-state index is 0.0879. The molecule has 174 valence electrons. The first kappa shape index (κ1) is 23.6. The van der Waals surface area contributed by atoms with E-state index in [1.54, 1.807) is 0 Å². The van der Waals surface area contributed by atoms with Crippen molar-refractivity contribution in [2.24, 2.45) is 5.73 Å². The highest BCUT2D eigenvalue weighted by molar-refractivity contribution is 6.29. The number of piperazine rings is 1. The molecule has 0 atom stereocenters. The fraction of sp³-hybridized carbons (Fsp3) is 0.385. The van der Waals surface area contributed by atoms with Crippen LogP contribution in [0.15, 0.2) is 83.3 Å². The van der Waals surface area contributed by atoms with Crippen molar-refractivity contribution in [1.82, 2.24) is 25.1 Å².